The lowest BCUT2D eigenvalue weighted by Gasteiger charge is -2.02. The van der Waals surface area contributed by atoms with Crippen LogP contribution in [0.5, 0.6) is 0 Å². The van der Waals surface area contributed by atoms with Crippen LogP contribution in [0.15, 0.2) is 36.9 Å². The maximum atomic E-state index is 11.3. The lowest BCUT2D eigenvalue weighted by Crippen LogP contribution is -2.03. The minimum atomic E-state index is -0.364. The number of methoxy groups -OCH3 is 1. The van der Waals surface area contributed by atoms with Crippen LogP contribution in [0.1, 0.15) is 10.4 Å². The molecule has 76 valence electrons. The van der Waals surface area contributed by atoms with Crippen molar-refractivity contribution in [1.82, 2.24) is 14.8 Å². The van der Waals surface area contributed by atoms with Gasteiger partial charge in [0.15, 0.2) is 0 Å². The predicted octanol–water partition coefficient (Wildman–Crippen LogP) is 1.05. The lowest BCUT2D eigenvalue weighted by atomic mass is 10.2. The zero-order chi connectivity index (χ0) is 10.7. The summed E-state index contributed by atoms with van der Waals surface area (Å²) >= 11 is 0. The standard InChI is InChI=1S/C10H9N3O2/c1-15-10(14)8-3-2-4-9(5-8)13-7-11-6-12-13/h2-7H,1H3. The first-order valence-corrected chi connectivity index (χ1v) is 4.34. The number of rotatable bonds is 2. The molecule has 0 N–H and O–H groups in total. The molecule has 0 aliphatic carbocycles. The van der Waals surface area contributed by atoms with Crippen molar-refractivity contribution < 1.29 is 9.53 Å². The van der Waals surface area contributed by atoms with Crippen LogP contribution < -0.4 is 0 Å². The van der Waals surface area contributed by atoms with Crippen molar-refractivity contribution in [2.75, 3.05) is 7.11 Å². The van der Waals surface area contributed by atoms with Gasteiger partial charge in [-0.25, -0.2) is 14.5 Å². The van der Waals surface area contributed by atoms with Gasteiger partial charge in [0, 0.05) is 0 Å². The zero-order valence-corrected chi connectivity index (χ0v) is 8.12. The van der Waals surface area contributed by atoms with Crippen molar-refractivity contribution in [3.8, 4) is 5.69 Å². The maximum absolute atomic E-state index is 11.3. The van der Waals surface area contributed by atoms with Gasteiger partial charge in [0.05, 0.1) is 18.4 Å². The van der Waals surface area contributed by atoms with Gasteiger partial charge in [-0.2, -0.15) is 5.10 Å². The fourth-order valence-electron chi connectivity index (χ4n) is 1.23. The van der Waals surface area contributed by atoms with Crippen LogP contribution in [0, 0.1) is 0 Å². The molecule has 0 unspecified atom stereocenters. The van der Waals surface area contributed by atoms with E-state index in [-0.39, 0.29) is 5.97 Å². The summed E-state index contributed by atoms with van der Waals surface area (Å²) in [6.07, 6.45) is 3.00. The van der Waals surface area contributed by atoms with Crippen LogP contribution in [0.3, 0.4) is 0 Å². The van der Waals surface area contributed by atoms with Crippen LogP contribution in [-0.2, 0) is 4.74 Å². The van der Waals surface area contributed by atoms with E-state index in [0.717, 1.165) is 5.69 Å². The Morgan fingerprint density at radius 2 is 2.33 bits per heavy atom. The van der Waals surface area contributed by atoms with Crippen molar-refractivity contribution in [1.29, 1.82) is 0 Å². The summed E-state index contributed by atoms with van der Waals surface area (Å²) in [7, 11) is 1.35. The van der Waals surface area contributed by atoms with Crippen LogP contribution in [0.25, 0.3) is 5.69 Å². The zero-order valence-electron chi connectivity index (χ0n) is 8.12. The number of carbonyl (C=O) groups is 1. The smallest absolute Gasteiger partial charge is 0.337 e. The molecule has 0 saturated heterocycles. The first-order valence-electron chi connectivity index (χ1n) is 4.34. The molecule has 0 amide bonds. The van der Waals surface area contributed by atoms with E-state index in [2.05, 4.69) is 14.8 Å². The number of hydrogen-bond donors (Lipinski definition) is 0. The summed E-state index contributed by atoms with van der Waals surface area (Å²) in [6.45, 7) is 0. The highest BCUT2D eigenvalue weighted by Crippen LogP contribution is 2.09. The fraction of sp³-hybridized carbons (Fsp3) is 0.100. The van der Waals surface area contributed by atoms with Gasteiger partial charge < -0.3 is 4.74 Å². The van der Waals surface area contributed by atoms with Gasteiger partial charge in [0.25, 0.3) is 0 Å². The third-order valence-corrected chi connectivity index (χ3v) is 1.95. The van der Waals surface area contributed by atoms with Gasteiger partial charge in [-0.05, 0) is 18.2 Å². The number of aromatic nitrogens is 3. The second kappa shape index (κ2) is 3.91. The molecule has 2 rings (SSSR count). The average Bonchev–Trinajstić information content (AvgIpc) is 2.82. The molecule has 0 bridgehead atoms. The van der Waals surface area contributed by atoms with Gasteiger partial charge in [-0.15, -0.1) is 0 Å². The Morgan fingerprint density at radius 1 is 1.47 bits per heavy atom. The second-order valence-corrected chi connectivity index (χ2v) is 2.88. The number of hydrogen-bond acceptors (Lipinski definition) is 4. The Balaban J connectivity index is 2.39. The van der Waals surface area contributed by atoms with E-state index < -0.39 is 0 Å². The van der Waals surface area contributed by atoms with Gasteiger partial charge in [-0.1, -0.05) is 6.07 Å². The molecular weight excluding hydrogens is 194 g/mol. The van der Waals surface area contributed by atoms with Crippen LogP contribution >= 0.6 is 0 Å². The quantitative estimate of drug-likeness (QED) is 0.684. The fourth-order valence-corrected chi connectivity index (χ4v) is 1.23. The summed E-state index contributed by atoms with van der Waals surface area (Å²) in [6, 6.07) is 6.98. The first-order chi connectivity index (χ1) is 7.31. The van der Waals surface area contributed by atoms with Gasteiger partial charge >= 0.3 is 5.97 Å². The van der Waals surface area contributed by atoms with Crippen molar-refractivity contribution in [3.05, 3.63) is 42.5 Å². The number of benzene rings is 1. The highest BCUT2D eigenvalue weighted by molar-refractivity contribution is 5.89. The van der Waals surface area contributed by atoms with E-state index >= 15 is 0 Å². The first kappa shape index (κ1) is 9.39. The molecule has 1 heterocycles. The minimum absolute atomic E-state index is 0.364. The van der Waals surface area contributed by atoms with Crippen LogP contribution in [0.2, 0.25) is 0 Å². The van der Waals surface area contributed by atoms with Crippen molar-refractivity contribution in [2.45, 2.75) is 0 Å². The Morgan fingerprint density at radius 3 is 3.00 bits per heavy atom. The molecule has 0 aliphatic heterocycles. The second-order valence-electron chi connectivity index (χ2n) is 2.88. The van der Waals surface area contributed by atoms with Crippen LogP contribution in [0.4, 0.5) is 0 Å². The SMILES string of the molecule is COC(=O)c1cccc(-n2cncn2)c1. The molecule has 1 aromatic carbocycles. The molecule has 0 aliphatic rings. The minimum Gasteiger partial charge on any atom is -0.465 e. The highest BCUT2D eigenvalue weighted by atomic mass is 16.5. The summed E-state index contributed by atoms with van der Waals surface area (Å²) in [4.78, 5) is 15.1. The topological polar surface area (TPSA) is 57.0 Å². The Bertz CT molecular complexity index is 465. The normalized spacial score (nSPS) is 9.93. The van der Waals surface area contributed by atoms with Crippen molar-refractivity contribution in [3.63, 3.8) is 0 Å². The van der Waals surface area contributed by atoms with Gasteiger partial charge in [0.1, 0.15) is 12.7 Å². The monoisotopic (exact) mass is 203 g/mol. The van der Waals surface area contributed by atoms with E-state index in [1.165, 1.54) is 13.4 Å². The predicted molar refractivity (Wildman–Crippen MR) is 52.7 cm³/mol. The summed E-state index contributed by atoms with van der Waals surface area (Å²) in [5.74, 6) is -0.364. The summed E-state index contributed by atoms with van der Waals surface area (Å²) in [5.41, 5.74) is 1.26. The van der Waals surface area contributed by atoms with E-state index in [1.54, 1.807) is 29.2 Å². The molecule has 15 heavy (non-hydrogen) atoms. The molecule has 5 nitrogen and oxygen atoms in total. The maximum Gasteiger partial charge on any atom is 0.337 e. The molecule has 2 aromatic rings. The van der Waals surface area contributed by atoms with Crippen molar-refractivity contribution >= 4 is 5.97 Å². The molecular formula is C10H9N3O2. The van der Waals surface area contributed by atoms with Crippen molar-refractivity contribution in [2.24, 2.45) is 0 Å². The highest BCUT2D eigenvalue weighted by Gasteiger charge is 2.06. The Hall–Kier alpha value is -2.17. The summed E-state index contributed by atoms with van der Waals surface area (Å²) in [5, 5.41) is 3.97. The Kier molecular flexibility index (Phi) is 2.45. The number of carbonyl (C=O) groups excluding carboxylic acids is 1. The van der Waals surface area contributed by atoms with E-state index in [1.807, 2.05) is 6.07 Å². The molecule has 0 fully saturated rings. The average molecular weight is 203 g/mol. The van der Waals surface area contributed by atoms with E-state index in [9.17, 15) is 4.79 Å². The molecule has 1 aromatic heterocycles. The number of ether oxygens (including phenoxy) is 1. The molecule has 0 saturated carbocycles. The van der Waals surface area contributed by atoms with Gasteiger partial charge in [-0.3, -0.25) is 0 Å². The van der Waals surface area contributed by atoms with E-state index in [0.29, 0.717) is 5.56 Å². The molecule has 0 atom stereocenters. The number of esters is 1. The third-order valence-electron chi connectivity index (χ3n) is 1.95. The van der Waals surface area contributed by atoms with Crippen LogP contribution in [-0.4, -0.2) is 27.8 Å². The largest absolute Gasteiger partial charge is 0.465 e. The van der Waals surface area contributed by atoms with Gasteiger partial charge in [0.2, 0.25) is 0 Å². The Labute approximate surface area is 86.3 Å². The lowest BCUT2D eigenvalue weighted by molar-refractivity contribution is 0.0600. The summed E-state index contributed by atoms with van der Waals surface area (Å²) < 4.78 is 6.20. The molecule has 5 heteroatoms. The molecule has 0 radical (unpaired) electrons. The van der Waals surface area contributed by atoms with E-state index in [4.69, 9.17) is 0 Å². The molecule has 0 spiro atoms. The third kappa shape index (κ3) is 1.85. The number of nitrogens with zero attached hydrogens (tertiary/aromatic N) is 3.